The molecule has 1 amide bonds. The topological polar surface area (TPSA) is 77.8 Å². The SMILES string of the molecule is O=C1C(=O)N(c2cccc(Cl)c2)C(c2cccc(O)c2)/C1=C(\O)c1ccc(Cl)cc1. The van der Waals surface area contributed by atoms with Gasteiger partial charge in [0.15, 0.2) is 0 Å². The summed E-state index contributed by atoms with van der Waals surface area (Å²) >= 11 is 12.0. The molecule has 5 nitrogen and oxygen atoms in total. The number of ketones is 1. The van der Waals surface area contributed by atoms with Gasteiger partial charge in [-0.1, -0.05) is 41.4 Å². The number of phenols is 1. The second-order valence-corrected chi connectivity index (χ2v) is 7.62. The molecule has 1 aliphatic heterocycles. The van der Waals surface area contributed by atoms with E-state index in [0.717, 1.165) is 0 Å². The van der Waals surface area contributed by atoms with Gasteiger partial charge >= 0.3 is 0 Å². The molecule has 0 aromatic heterocycles. The van der Waals surface area contributed by atoms with E-state index in [0.29, 0.717) is 26.9 Å². The van der Waals surface area contributed by atoms with Gasteiger partial charge in [-0.15, -0.1) is 0 Å². The van der Waals surface area contributed by atoms with Crippen LogP contribution in [0.3, 0.4) is 0 Å². The lowest BCUT2D eigenvalue weighted by Crippen LogP contribution is -2.29. The standard InChI is InChI=1S/C23H15Cl2NO4/c24-15-9-7-13(8-10-15)21(28)19-20(14-3-1-6-18(27)11-14)26(23(30)22(19)29)17-5-2-4-16(25)12-17/h1-12,20,27-28H/b21-19+. The number of nitrogens with zero attached hydrogens (tertiary/aromatic N) is 1. The highest BCUT2D eigenvalue weighted by Crippen LogP contribution is 2.43. The van der Waals surface area contributed by atoms with Gasteiger partial charge in [0, 0.05) is 21.3 Å². The lowest BCUT2D eigenvalue weighted by atomic mass is 9.95. The van der Waals surface area contributed by atoms with Crippen LogP contribution >= 0.6 is 23.2 Å². The summed E-state index contributed by atoms with van der Waals surface area (Å²) in [6.07, 6.45) is 0. The summed E-state index contributed by atoms with van der Waals surface area (Å²) in [6, 6.07) is 18.0. The van der Waals surface area contributed by atoms with E-state index in [4.69, 9.17) is 23.2 Å². The first-order valence-corrected chi connectivity index (χ1v) is 9.74. The predicted molar refractivity (Wildman–Crippen MR) is 116 cm³/mol. The normalized spacial score (nSPS) is 18.1. The summed E-state index contributed by atoms with van der Waals surface area (Å²) in [6.45, 7) is 0. The minimum absolute atomic E-state index is 0.0318. The number of aliphatic hydroxyl groups is 1. The molecule has 4 rings (SSSR count). The van der Waals surface area contributed by atoms with Gasteiger partial charge in [0.25, 0.3) is 11.7 Å². The van der Waals surface area contributed by atoms with Crippen LogP contribution in [0.4, 0.5) is 5.69 Å². The van der Waals surface area contributed by atoms with Crippen LogP contribution in [0.1, 0.15) is 17.2 Å². The highest BCUT2D eigenvalue weighted by atomic mass is 35.5. The average Bonchev–Trinajstić information content (AvgIpc) is 2.99. The van der Waals surface area contributed by atoms with Gasteiger partial charge < -0.3 is 10.2 Å². The van der Waals surface area contributed by atoms with Gasteiger partial charge in [0.2, 0.25) is 0 Å². The van der Waals surface area contributed by atoms with Gasteiger partial charge in [-0.3, -0.25) is 14.5 Å². The van der Waals surface area contributed by atoms with Gasteiger partial charge in [0.1, 0.15) is 11.5 Å². The molecule has 0 spiro atoms. The van der Waals surface area contributed by atoms with Crippen molar-refractivity contribution in [3.63, 3.8) is 0 Å². The minimum atomic E-state index is -0.953. The Morgan fingerprint density at radius 3 is 2.23 bits per heavy atom. The van der Waals surface area contributed by atoms with Crippen molar-refractivity contribution >= 4 is 46.3 Å². The Morgan fingerprint density at radius 2 is 1.57 bits per heavy atom. The molecule has 7 heteroatoms. The lowest BCUT2D eigenvalue weighted by molar-refractivity contribution is -0.132. The fourth-order valence-corrected chi connectivity index (χ4v) is 3.81. The van der Waals surface area contributed by atoms with Crippen LogP contribution in [0.25, 0.3) is 5.76 Å². The van der Waals surface area contributed by atoms with Crippen LogP contribution in [0.5, 0.6) is 5.75 Å². The highest BCUT2D eigenvalue weighted by Gasteiger charge is 2.47. The fourth-order valence-electron chi connectivity index (χ4n) is 3.50. The number of phenolic OH excluding ortho intramolecular Hbond substituents is 1. The van der Waals surface area contributed by atoms with E-state index in [2.05, 4.69) is 0 Å². The largest absolute Gasteiger partial charge is 0.508 e. The smallest absolute Gasteiger partial charge is 0.300 e. The zero-order valence-electron chi connectivity index (χ0n) is 15.4. The molecule has 150 valence electrons. The number of Topliss-reactive ketones (excluding diaryl/α,β-unsaturated/α-hetero) is 1. The maximum absolute atomic E-state index is 13.0. The predicted octanol–water partition coefficient (Wildman–Crippen LogP) is 5.33. The molecule has 0 aliphatic carbocycles. The molecule has 1 fully saturated rings. The van der Waals surface area contributed by atoms with Gasteiger partial charge in [0.05, 0.1) is 11.6 Å². The Hall–Kier alpha value is -3.28. The van der Waals surface area contributed by atoms with E-state index < -0.39 is 17.7 Å². The number of hydrogen-bond donors (Lipinski definition) is 2. The first-order chi connectivity index (χ1) is 14.4. The number of anilines is 1. The Kier molecular flexibility index (Phi) is 5.24. The third kappa shape index (κ3) is 3.54. The second kappa shape index (κ2) is 7.86. The molecule has 3 aromatic carbocycles. The number of rotatable bonds is 3. The van der Waals surface area contributed by atoms with Crippen LogP contribution in [0, 0.1) is 0 Å². The number of aromatic hydroxyl groups is 1. The molecule has 1 unspecified atom stereocenters. The number of benzene rings is 3. The third-order valence-electron chi connectivity index (χ3n) is 4.83. The van der Waals surface area contributed by atoms with Crippen molar-refractivity contribution in [2.45, 2.75) is 6.04 Å². The van der Waals surface area contributed by atoms with Crippen molar-refractivity contribution in [2.75, 3.05) is 4.90 Å². The maximum Gasteiger partial charge on any atom is 0.300 e. The zero-order chi connectivity index (χ0) is 21.4. The van der Waals surface area contributed by atoms with E-state index >= 15 is 0 Å². The van der Waals surface area contributed by atoms with E-state index in [9.17, 15) is 19.8 Å². The highest BCUT2D eigenvalue weighted by molar-refractivity contribution is 6.51. The number of amides is 1. The first-order valence-electron chi connectivity index (χ1n) is 8.98. The number of carbonyl (C=O) groups is 2. The van der Waals surface area contributed by atoms with Crippen LogP contribution in [0.2, 0.25) is 10.0 Å². The van der Waals surface area contributed by atoms with Gasteiger partial charge in [-0.25, -0.2) is 0 Å². The molecule has 1 heterocycles. The lowest BCUT2D eigenvalue weighted by Gasteiger charge is -2.25. The number of carbonyl (C=O) groups excluding carboxylic acids is 2. The van der Waals surface area contributed by atoms with E-state index in [1.54, 1.807) is 60.7 Å². The van der Waals surface area contributed by atoms with Crippen molar-refractivity contribution in [1.82, 2.24) is 0 Å². The van der Waals surface area contributed by atoms with Crippen molar-refractivity contribution in [2.24, 2.45) is 0 Å². The summed E-state index contributed by atoms with van der Waals surface area (Å²) < 4.78 is 0. The van der Waals surface area contributed by atoms with Gasteiger partial charge in [-0.2, -0.15) is 0 Å². The molecular weight excluding hydrogens is 425 g/mol. The molecule has 0 bridgehead atoms. The zero-order valence-corrected chi connectivity index (χ0v) is 16.9. The molecule has 3 aromatic rings. The number of aliphatic hydroxyl groups excluding tert-OH is 1. The van der Waals surface area contributed by atoms with E-state index in [1.807, 2.05) is 0 Å². The van der Waals surface area contributed by atoms with Crippen molar-refractivity contribution in [1.29, 1.82) is 0 Å². The molecule has 30 heavy (non-hydrogen) atoms. The Bertz CT molecular complexity index is 1190. The van der Waals surface area contributed by atoms with Gasteiger partial charge in [-0.05, 0) is 60.2 Å². The quantitative estimate of drug-likeness (QED) is 0.328. The molecule has 0 saturated carbocycles. The Morgan fingerprint density at radius 1 is 0.867 bits per heavy atom. The van der Waals surface area contributed by atoms with E-state index in [-0.39, 0.29) is 17.1 Å². The first kappa shape index (κ1) is 20.0. The molecular formula is C23H15Cl2NO4. The molecule has 1 aliphatic rings. The number of hydrogen-bond acceptors (Lipinski definition) is 4. The van der Waals surface area contributed by atoms with E-state index in [1.165, 1.54) is 17.0 Å². The van der Waals surface area contributed by atoms with Crippen molar-refractivity contribution < 1.29 is 19.8 Å². The Labute approximate surface area is 182 Å². The third-order valence-corrected chi connectivity index (χ3v) is 5.32. The average molecular weight is 440 g/mol. The number of halogens is 2. The Balaban J connectivity index is 1.96. The van der Waals surface area contributed by atoms with Crippen LogP contribution in [0.15, 0.2) is 78.4 Å². The van der Waals surface area contributed by atoms with Crippen LogP contribution in [-0.2, 0) is 9.59 Å². The molecule has 1 saturated heterocycles. The van der Waals surface area contributed by atoms with Crippen molar-refractivity contribution in [3.05, 3.63) is 99.5 Å². The monoisotopic (exact) mass is 439 g/mol. The fraction of sp³-hybridized carbons (Fsp3) is 0.0435. The van der Waals surface area contributed by atoms with Crippen LogP contribution in [-0.4, -0.2) is 21.9 Å². The molecule has 1 atom stereocenters. The molecule has 2 N–H and O–H groups in total. The summed E-state index contributed by atoms with van der Waals surface area (Å²) in [4.78, 5) is 27.3. The minimum Gasteiger partial charge on any atom is -0.508 e. The maximum atomic E-state index is 13.0. The second-order valence-electron chi connectivity index (χ2n) is 6.75. The summed E-state index contributed by atoms with van der Waals surface area (Å²) in [7, 11) is 0. The summed E-state index contributed by atoms with van der Waals surface area (Å²) in [5.41, 5.74) is 1.11. The molecule has 0 radical (unpaired) electrons. The summed E-state index contributed by atoms with van der Waals surface area (Å²) in [5, 5.41) is 21.8. The van der Waals surface area contributed by atoms with Crippen LogP contribution < -0.4 is 4.90 Å². The van der Waals surface area contributed by atoms with Crippen molar-refractivity contribution in [3.8, 4) is 5.75 Å². The summed E-state index contributed by atoms with van der Waals surface area (Å²) in [5.74, 6) is -2.00.